The Labute approximate surface area is 517 Å². The van der Waals surface area contributed by atoms with Crippen molar-refractivity contribution in [2.45, 2.75) is 139 Å². The zero-order valence-electron chi connectivity index (χ0n) is 51.3. The Balaban J connectivity index is 0.723. The van der Waals surface area contributed by atoms with Gasteiger partial charge in [0, 0.05) is 92.6 Å². The van der Waals surface area contributed by atoms with Crippen LogP contribution in [-0.2, 0) is 38.1 Å². The standard InChI is InChI=1S/C66H78F2N6O16/c1-34-26-71(20-18-69-34)56-47(67)23-42-54(60(56)84-4)73(37-7-8-37)28-44(58(42)80)62(82)87-30-40(31-88-63(83)45-29-74(38-9-10-38)55-43(59(45)81)24-48(68)57(61(55)85-5)72-21-19-70-35(2)27-72)90-52(79)13-12-51(78)86-32-50(77)66-17-15-46-41-11-6-36-22-39(75)14-16-64(36,3)53(41)49(76)25-65(46,66)33-89-66/h14,16,22-24,28-29,34-35,37-41,46,49,53,69-70,75-76H,6-13,15,17-21,25-27,30-33H2,1-5H3/t34?,35?,39?,40?,41-,46-,49-,53?,64-,65+,66-/m0/s1. The molecule has 6 aliphatic carbocycles. The highest BCUT2D eigenvalue weighted by Gasteiger charge is 2.76. The molecule has 4 unspecified atom stereocenters. The number of allylic oxidation sites excluding steroid dienone is 2. The Hall–Kier alpha value is -7.25. The van der Waals surface area contributed by atoms with E-state index in [1.807, 2.05) is 35.8 Å². The number of aromatic nitrogens is 2. The first kappa shape index (κ1) is 61.6. The maximum atomic E-state index is 16.4. The second kappa shape index (κ2) is 23.8. The summed E-state index contributed by atoms with van der Waals surface area (Å²) in [5.41, 5.74) is -2.93. The number of nitrogens with one attached hydrogen (secondary N) is 2. The molecule has 482 valence electrons. The molecule has 3 saturated heterocycles. The third-order valence-corrected chi connectivity index (χ3v) is 20.9. The molecular formula is C66H78F2N6O16. The van der Waals surface area contributed by atoms with Gasteiger partial charge in [-0.15, -0.1) is 0 Å². The van der Waals surface area contributed by atoms with Gasteiger partial charge >= 0.3 is 23.9 Å². The minimum absolute atomic E-state index is 0.0364. The van der Waals surface area contributed by atoms with E-state index in [9.17, 15) is 43.8 Å². The topological polar surface area (TPSA) is 265 Å². The van der Waals surface area contributed by atoms with Crippen molar-refractivity contribution in [3.8, 4) is 11.5 Å². The summed E-state index contributed by atoms with van der Waals surface area (Å²) in [6.45, 7) is 7.09. The molecule has 4 aromatic rings. The van der Waals surface area contributed by atoms with Crippen molar-refractivity contribution >= 4 is 62.8 Å². The van der Waals surface area contributed by atoms with E-state index in [1.54, 1.807) is 15.2 Å². The van der Waals surface area contributed by atoms with Crippen molar-refractivity contribution in [2.75, 3.05) is 89.7 Å². The van der Waals surface area contributed by atoms with Crippen molar-refractivity contribution in [3.05, 3.63) is 91.5 Å². The van der Waals surface area contributed by atoms with E-state index in [4.69, 9.17) is 33.2 Å². The van der Waals surface area contributed by atoms with Gasteiger partial charge in [0.15, 0.2) is 35.8 Å². The summed E-state index contributed by atoms with van der Waals surface area (Å²) in [4.78, 5) is 102. The van der Waals surface area contributed by atoms with Crippen LogP contribution in [0.2, 0.25) is 0 Å². The average molecular weight is 1250 g/mol. The number of ether oxygens (including phenoxy) is 7. The number of aliphatic hydroxyl groups excluding tert-OH is 2. The number of halogens is 2. The first-order valence-electron chi connectivity index (χ1n) is 31.7. The number of methoxy groups -OCH3 is 2. The quantitative estimate of drug-likeness (QED) is 0.0512. The van der Waals surface area contributed by atoms with Gasteiger partial charge in [0.05, 0.1) is 67.7 Å². The zero-order chi connectivity index (χ0) is 63.3. The van der Waals surface area contributed by atoms with E-state index in [-0.39, 0.29) is 82.2 Å². The lowest BCUT2D eigenvalue weighted by molar-refractivity contribution is -0.287. The lowest BCUT2D eigenvalue weighted by Crippen LogP contribution is -2.71. The second-order valence-corrected chi connectivity index (χ2v) is 26.5. The molecule has 8 fully saturated rings. The Kier molecular flexibility index (Phi) is 16.3. The van der Waals surface area contributed by atoms with Gasteiger partial charge in [-0.05, 0) is 95.6 Å². The number of hydrogen-bond donors (Lipinski definition) is 4. The van der Waals surface area contributed by atoms with Gasteiger partial charge in [-0.3, -0.25) is 24.0 Å². The van der Waals surface area contributed by atoms with E-state index in [2.05, 4.69) is 17.6 Å². The largest absolute Gasteiger partial charge is 0.492 e. The monoisotopic (exact) mass is 1250 g/mol. The molecule has 3 aliphatic heterocycles. The summed E-state index contributed by atoms with van der Waals surface area (Å²) < 4.78 is 76.6. The molecule has 1 spiro atoms. The smallest absolute Gasteiger partial charge is 0.343 e. The number of esters is 4. The number of Topliss-reactive ketones (excluding diaryl/α,β-unsaturated/α-hetero) is 1. The number of pyridine rings is 2. The van der Waals surface area contributed by atoms with Crippen LogP contribution in [0.25, 0.3) is 21.8 Å². The van der Waals surface area contributed by atoms with Gasteiger partial charge in [0.1, 0.15) is 41.3 Å². The second-order valence-electron chi connectivity index (χ2n) is 26.5. The Bertz CT molecular complexity index is 3640. The normalized spacial score (nSPS) is 29.6. The van der Waals surface area contributed by atoms with E-state index < -0.39 is 131 Å². The van der Waals surface area contributed by atoms with Crippen LogP contribution < -0.4 is 40.8 Å². The van der Waals surface area contributed by atoms with Gasteiger partial charge in [-0.2, -0.15) is 0 Å². The number of hydrogen-bond acceptors (Lipinski definition) is 20. The molecule has 9 aliphatic rings. The van der Waals surface area contributed by atoms with Crippen molar-refractivity contribution < 1.29 is 76.1 Å². The number of benzene rings is 2. The van der Waals surface area contributed by atoms with E-state index in [0.717, 1.165) is 30.5 Å². The highest BCUT2D eigenvalue weighted by molar-refractivity contribution is 5.99. The number of fused-ring (bicyclic) bond motifs is 6. The highest BCUT2D eigenvalue weighted by Crippen LogP contribution is 2.71. The SMILES string of the molecule is COc1c(N2CCNC(C)C2)c(F)cc2c(=O)c(C(=O)OCC(COC(=O)c3cn(C4CC4)c4c(OC)c(N5CCNC(C)C5)c(F)cc4c3=O)OC(=O)CCC(=O)OCC(=O)[C@@]34CC[C@H]5[C@@H]6CCC7=CC(O)C=C[C@]7(C)C6[C@@H](O)C[C@@]53CO4)cn(C3CC3)c12. The van der Waals surface area contributed by atoms with Crippen LogP contribution in [0, 0.1) is 40.2 Å². The van der Waals surface area contributed by atoms with E-state index in [0.29, 0.717) is 95.2 Å². The first-order valence-corrected chi connectivity index (χ1v) is 31.7. The number of ketones is 1. The van der Waals surface area contributed by atoms with Crippen LogP contribution in [0.4, 0.5) is 20.2 Å². The lowest BCUT2D eigenvalue weighted by Gasteiger charge is -2.65. The average Bonchev–Trinajstić information content (AvgIpc) is 1.42. The molecule has 2 aromatic carbocycles. The number of aliphatic hydroxyl groups is 2. The molecule has 13 rings (SSSR count). The predicted molar refractivity (Wildman–Crippen MR) is 323 cm³/mol. The molecule has 90 heavy (non-hydrogen) atoms. The number of piperazine rings is 2. The van der Waals surface area contributed by atoms with Crippen LogP contribution in [0.5, 0.6) is 11.5 Å². The Morgan fingerprint density at radius 1 is 0.756 bits per heavy atom. The van der Waals surface area contributed by atoms with Crippen molar-refractivity contribution in [2.24, 2.45) is 28.6 Å². The number of carbonyl (C=O) groups excluding carboxylic acids is 5. The molecule has 5 heterocycles. The molecular weight excluding hydrogens is 1170 g/mol. The number of carbonyl (C=O) groups is 5. The number of rotatable bonds is 19. The summed E-state index contributed by atoms with van der Waals surface area (Å²) in [5.74, 6) is -5.89. The van der Waals surface area contributed by atoms with Crippen LogP contribution in [0.15, 0.2) is 57.9 Å². The van der Waals surface area contributed by atoms with Crippen molar-refractivity contribution in [3.63, 3.8) is 0 Å². The molecule has 2 aromatic heterocycles. The molecule has 4 N–H and O–H groups in total. The summed E-state index contributed by atoms with van der Waals surface area (Å²) in [7, 11) is 2.78. The molecule has 0 bridgehead atoms. The van der Waals surface area contributed by atoms with E-state index >= 15 is 8.78 Å². The van der Waals surface area contributed by atoms with Crippen molar-refractivity contribution in [1.82, 2.24) is 19.8 Å². The molecule has 5 saturated carbocycles. The van der Waals surface area contributed by atoms with Gasteiger partial charge in [0.2, 0.25) is 16.6 Å². The summed E-state index contributed by atoms with van der Waals surface area (Å²) in [6, 6.07) is 1.92. The summed E-state index contributed by atoms with van der Waals surface area (Å²) in [6.07, 6.45) is 9.83. The molecule has 22 nitrogen and oxygen atoms in total. The van der Waals surface area contributed by atoms with Gasteiger partial charge < -0.3 is 72.9 Å². The first-order chi connectivity index (χ1) is 43.2. The Morgan fingerprint density at radius 2 is 1.30 bits per heavy atom. The van der Waals surface area contributed by atoms with Gasteiger partial charge in [-0.25, -0.2) is 18.4 Å². The minimum atomic E-state index is -1.62. The van der Waals surface area contributed by atoms with Gasteiger partial charge in [-0.1, -0.05) is 30.7 Å². The minimum Gasteiger partial charge on any atom is -0.492 e. The van der Waals surface area contributed by atoms with Gasteiger partial charge in [0.25, 0.3) is 0 Å². The fourth-order valence-electron chi connectivity index (χ4n) is 16.5. The van der Waals surface area contributed by atoms with Crippen LogP contribution in [0.3, 0.4) is 0 Å². The Morgan fingerprint density at radius 3 is 1.80 bits per heavy atom. The number of anilines is 2. The predicted octanol–water partition coefficient (Wildman–Crippen LogP) is 5.52. The molecule has 0 radical (unpaired) electrons. The molecule has 24 heteroatoms. The lowest BCUT2D eigenvalue weighted by atomic mass is 9.45. The maximum absolute atomic E-state index is 16.4. The fourth-order valence-corrected chi connectivity index (χ4v) is 16.5. The zero-order valence-corrected chi connectivity index (χ0v) is 51.3. The van der Waals surface area contributed by atoms with E-state index in [1.165, 1.54) is 26.6 Å². The summed E-state index contributed by atoms with van der Waals surface area (Å²) in [5, 5.41) is 28.7. The molecule has 10 atom stereocenters. The van der Waals surface area contributed by atoms with Crippen LogP contribution in [0.1, 0.15) is 124 Å². The maximum Gasteiger partial charge on any atom is 0.343 e. The summed E-state index contributed by atoms with van der Waals surface area (Å²) >= 11 is 0. The molecule has 0 amide bonds. The van der Waals surface area contributed by atoms with Crippen molar-refractivity contribution in [1.29, 1.82) is 0 Å². The van der Waals surface area contributed by atoms with Crippen LogP contribution in [-0.4, -0.2) is 165 Å². The van der Waals surface area contributed by atoms with Crippen LogP contribution >= 0.6 is 0 Å². The third kappa shape index (κ3) is 10.5. The number of nitrogens with zero attached hydrogens (tertiary/aromatic N) is 4. The third-order valence-electron chi connectivity index (χ3n) is 20.9. The fraction of sp³-hybridized carbons (Fsp3) is 0.591. The highest BCUT2D eigenvalue weighted by atomic mass is 19.1.